The maximum Gasteiger partial charge on any atom is 0.326 e. The molecule has 2 aromatic heterocycles. The van der Waals surface area contributed by atoms with Gasteiger partial charge in [-0.15, -0.1) is 0 Å². The van der Waals surface area contributed by atoms with Gasteiger partial charge in [-0.25, -0.2) is 9.78 Å². The molecule has 1 N–H and O–H groups in total. The quantitative estimate of drug-likeness (QED) is 0.552. The van der Waals surface area contributed by atoms with Crippen molar-refractivity contribution in [2.75, 3.05) is 26.2 Å². The zero-order chi connectivity index (χ0) is 24.1. The largest absolute Gasteiger partial charge is 0.342 e. The summed E-state index contributed by atoms with van der Waals surface area (Å²) in [5.41, 5.74) is 2.70. The van der Waals surface area contributed by atoms with Gasteiger partial charge in [0.25, 0.3) is 5.91 Å². The van der Waals surface area contributed by atoms with Crippen LogP contribution in [0.2, 0.25) is 0 Å². The second-order valence-electron chi connectivity index (χ2n) is 8.87. The van der Waals surface area contributed by atoms with Crippen LogP contribution in [-0.2, 0) is 4.79 Å². The number of nitrogens with one attached hydrogen (secondary N) is 1. The first-order chi connectivity index (χ1) is 16.5. The van der Waals surface area contributed by atoms with E-state index in [0.717, 1.165) is 42.4 Å². The highest BCUT2D eigenvalue weighted by molar-refractivity contribution is 5.92. The molecular weight excluding hydrogens is 432 g/mol. The van der Waals surface area contributed by atoms with Gasteiger partial charge in [-0.1, -0.05) is 25.5 Å². The van der Waals surface area contributed by atoms with Crippen LogP contribution in [0, 0.1) is 6.92 Å². The van der Waals surface area contributed by atoms with Crippen molar-refractivity contribution < 1.29 is 9.59 Å². The number of aromatic nitrogens is 4. The third-order valence-corrected chi connectivity index (χ3v) is 6.47. The minimum absolute atomic E-state index is 0.0361. The fourth-order valence-electron chi connectivity index (χ4n) is 4.53. The standard InChI is InChI=1S/C25H32N6O3/c1-3-4-12-30(24(33)21-17-26-18(2)16-27-21)15-11-23(32)29-13-9-19(10-14-29)31-22-8-6-5-7-20(22)28-25(31)34/h5-8,16-17,19H,3-4,9-15H2,1-2H3,(H,28,34). The van der Waals surface area contributed by atoms with Crippen LogP contribution in [0.25, 0.3) is 11.0 Å². The van der Waals surface area contributed by atoms with Gasteiger partial charge in [0, 0.05) is 44.8 Å². The first-order valence-corrected chi connectivity index (χ1v) is 12.0. The van der Waals surface area contributed by atoms with E-state index in [1.807, 2.05) is 40.7 Å². The van der Waals surface area contributed by atoms with Gasteiger partial charge in [0.2, 0.25) is 5.91 Å². The summed E-state index contributed by atoms with van der Waals surface area (Å²) in [5, 5.41) is 0. The molecule has 0 unspecified atom stereocenters. The third kappa shape index (κ3) is 5.18. The van der Waals surface area contributed by atoms with Crippen LogP contribution in [0.1, 0.15) is 61.3 Å². The van der Waals surface area contributed by atoms with E-state index >= 15 is 0 Å². The predicted octanol–water partition coefficient (Wildman–Crippen LogP) is 2.92. The van der Waals surface area contributed by atoms with E-state index in [2.05, 4.69) is 21.9 Å². The molecule has 0 bridgehead atoms. The van der Waals surface area contributed by atoms with Crippen molar-refractivity contribution in [3.05, 3.63) is 58.5 Å². The Morgan fingerprint density at radius 3 is 2.59 bits per heavy atom. The third-order valence-electron chi connectivity index (χ3n) is 6.47. The summed E-state index contributed by atoms with van der Waals surface area (Å²) in [6.45, 7) is 6.04. The fraction of sp³-hybridized carbons (Fsp3) is 0.480. The van der Waals surface area contributed by atoms with Crippen LogP contribution in [0.3, 0.4) is 0 Å². The highest BCUT2D eigenvalue weighted by Crippen LogP contribution is 2.25. The van der Waals surface area contributed by atoms with Crippen molar-refractivity contribution in [2.24, 2.45) is 0 Å². The number of hydrogen-bond donors (Lipinski definition) is 1. The molecule has 0 spiro atoms. The van der Waals surface area contributed by atoms with Crippen LogP contribution in [-0.4, -0.2) is 67.3 Å². The molecule has 0 saturated carbocycles. The number of piperidine rings is 1. The van der Waals surface area contributed by atoms with Crippen molar-refractivity contribution in [1.29, 1.82) is 0 Å². The van der Waals surface area contributed by atoms with E-state index < -0.39 is 0 Å². The second kappa shape index (κ2) is 10.6. The maximum atomic E-state index is 12.9. The normalized spacial score (nSPS) is 14.5. The fourth-order valence-corrected chi connectivity index (χ4v) is 4.53. The highest BCUT2D eigenvalue weighted by Gasteiger charge is 2.27. The lowest BCUT2D eigenvalue weighted by molar-refractivity contribution is -0.132. The molecule has 2 amide bonds. The Kier molecular flexibility index (Phi) is 7.40. The number of nitrogens with zero attached hydrogens (tertiary/aromatic N) is 5. The number of benzene rings is 1. The van der Waals surface area contributed by atoms with E-state index in [9.17, 15) is 14.4 Å². The van der Waals surface area contributed by atoms with E-state index in [1.54, 1.807) is 11.1 Å². The van der Waals surface area contributed by atoms with Crippen LogP contribution in [0.4, 0.5) is 0 Å². The van der Waals surface area contributed by atoms with Crippen LogP contribution in [0.15, 0.2) is 41.5 Å². The molecule has 0 aliphatic carbocycles. The summed E-state index contributed by atoms with van der Waals surface area (Å²) < 4.78 is 1.82. The molecule has 3 aromatic rings. The Hall–Kier alpha value is -3.49. The smallest absolute Gasteiger partial charge is 0.326 e. The van der Waals surface area contributed by atoms with E-state index in [-0.39, 0.29) is 30.0 Å². The second-order valence-corrected chi connectivity index (χ2v) is 8.87. The maximum absolute atomic E-state index is 12.9. The number of hydrogen-bond acceptors (Lipinski definition) is 5. The molecule has 4 rings (SSSR count). The molecule has 9 nitrogen and oxygen atoms in total. The molecule has 3 heterocycles. The molecule has 1 aliphatic rings. The van der Waals surface area contributed by atoms with Crippen molar-refractivity contribution in [3.63, 3.8) is 0 Å². The van der Waals surface area contributed by atoms with E-state index in [1.165, 1.54) is 6.20 Å². The molecule has 0 radical (unpaired) electrons. The van der Waals surface area contributed by atoms with Crippen LogP contribution in [0.5, 0.6) is 0 Å². The van der Waals surface area contributed by atoms with Crippen LogP contribution >= 0.6 is 0 Å². The number of aromatic amines is 1. The first-order valence-electron chi connectivity index (χ1n) is 12.0. The Balaban J connectivity index is 1.35. The lowest BCUT2D eigenvalue weighted by Gasteiger charge is -2.33. The number of carbonyl (C=O) groups excluding carboxylic acids is 2. The van der Waals surface area contributed by atoms with Gasteiger partial charge < -0.3 is 14.8 Å². The number of unbranched alkanes of at least 4 members (excludes halogenated alkanes) is 1. The Bertz CT molecular complexity index is 1190. The Labute approximate surface area is 198 Å². The molecule has 1 fully saturated rings. The number of H-pyrrole nitrogens is 1. The molecular formula is C25H32N6O3. The number of amides is 2. The van der Waals surface area contributed by atoms with Crippen molar-refractivity contribution in [1.82, 2.24) is 29.3 Å². The number of fused-ring (bicyclic) bond motifs is 1. The number of rotatable bonds is 8. The van der Waals surface area contributed by atoms with Gasteiger partial charge in [-0.2, -0.15) is 0 Å². The zero-order valence-electron chi connectivity index (χ0n) is 19.9. The van der Waals surface area contributed by atoms with Gasteiger partial charge in [-0.05, 0) is 38.3 Å². The van der Waals surface area contributed by atoms with Crippen molar-refractivity contribution in [2.45, 2.75) is 52.0 Å². The number of imidazole rings is 1. The van der Waals surface area contributed by atoms with E-state index in [0.29, 0.717) is 31.9 Å². The summed E-state index contributed by atoms with van der Waals surface area (Å²) in [4.78, 5) is 53.2. The molecule has 0 atom stereocenters. The lowest BCUT2D eigenvalue weighted by atomic mass is 10.0. The van der Waals surface area contributed by atoms with Gasteiger partial charge in [0.05, 0.1) is 22.9 Å². The zero-order valence-corrected chi connectivity index (χ0v) is 19.9. The highest BCUT2D eigenvalue weighted by atomic mass is 16.2. The molecule has 1 aromatic carbocycles. The minimum atomic E-state index is -0.189. The molecule has 9 heteroatoms. The van der Waals surface area contributed by atoms with Gasteiger partial charge in [0.1, 0.15) is 5.69 Å². The number of para-hydroxylation sites is 2. The summed E-state index contributed by atoms with van der Waals surface area (Å²) >= 11 is 0. The number of aryl methyl sites for hydroxylation is 1. The number of carbonyl (C=O) groups is 2. The SMILES string of the molecule is CCCCN(CCC(=O)N1CCC(n2c(=O)[nH]c3ccccc32)CC1)C(=O)c1cnc(C)cn1. The van der Waals surface area contributed by atoms with Crippen LogP contribution < -0.4 is 5.69 Å². The summed E-state index contributed by atoms with van der Waals surface area (Å²) in [5.74, 6) is -0.153. The first kappa shape index (κ1) is 23.7. The average Bonchev–Trinajstić information content (AvgIpc) is 3.19. The average molecular weight is 465 g/mol. The summed E-state index contributed by atoms with van der Waals surface area (Å²) in [6, 6.07) is 7.75. The predicted molar refractivity (Wildman–Crippen MR) is 130 cm³/mol. The van der Waals surface area contributed by atoms with Crippen molar-refractivity contribution >= 4 is 22.8 Å². The van der Waals surface area contributed by atoms with Gasteiger partial charge in [0.15, 0.2) is 0 Å². The Morgan fingerprint density at radius 1 is 1.12 bits per heavy atom. The summed E-state index contributed by atoms with van der Waals surface area (Å²) in [7, 11) is 0. The number of likely N-dealkylation sites (tertiary alicyclic amines) is 1. The molecule has 180 valence electrons. The molecule has 1 saturated heterocycles. The van der Waals surface area contributed by atoms with Crippen molar-refractivity contribution in [3.8, 4) is 0 Å². The minimum Gasteiger partial charge on any atom is -0.342 e. The van der Waals surface area contributed by atoms with Gasteiger partial charge >= 0.3 is 5.69 Å². The molecule has 34 heavy (non-hydrogen) atoms. The topological polar surface area (TPSA) is 104 Å². The lowest BCUT2D eigenvalue weighted by Crippen LogP contribution is -2.42. The molecule has 1 aliphatic heterocycles. The Morgan fingerprint density at radius 2 is 1.88 bits per heavy atom. The monoisotopic (exact) mass is 464 g/mol. The van der Waals surface area contributed by atoms with Gasteiger partial charge in [-0.3, -0.25) is 19.1 Å². The van der Waals surface area contributed by atoms with E-state index in [4.69, 9.17) is 0 Å². The summed E-state index contributed by atoms with van der Waals surface area (Å²) in [6.07, 6.45) is 6.62.